The molecule has 1 heterocycles. The van der Waals surface area contributed by atoms with Crippen LogP contribution in [-0.2, 0) is 6.54 Å². The van der Waals surface area contributed by atoms with E-state index in [0.717, 1.165) is 34.1 Å². The van der Waals surface area contributed by atoms with Crippen molar-refractivity contribution in [2.24, 2.45) is 5.73 Å². The van der Waals surface area contributed by atoms with Crippen molar-refractivity contribution in [3.8, 4) is 0 Å². The summed E-state index contributed by atoms with van der Waals surface area (Å²) >= 11 is 8.61. The minimum absolute atomic E-state index is 0.446. The fourth-order valence-electron chi connectivity index (χ4n) is 2.00. The van der Waals surface area contributed by atoms with Crippen LogP contribution in [0.25, 0.3) is 0 Å². The van der Waals surface area contributed by atoms with Gasteiger partial charge in [-0.25, -0.2) is 4.98 Å². The number of benzene rings is 1. The maximum absolute atomic E-state index is 5.93. The molecule has 0 bridgehead atoms. The molecule has 6 heteroatoms. The lowest BCUT2D eigenvalue weighted by Crippen LogP contribution is -2.22. The highest BCUT2D eigenvalue weighted by atomic mass is 32.2. The number of thioether (sulfide) groups is 1. The molecular formula is C14H17N3S3. The van der Waals surface area contributed by atoms with Gasteiger partial charge in [0.15, 0.2) is 0 Å². The standard InChI is InChI=1S/C14H17N3S3/c1-3-20-12-6-4-5-11(13(12)14(15)18)17(2)7-10-8-19-9-16-10/h4-6,8-9H,3,7H2,1-2H3,(H2,15,18). The van der Waals surface area contributed by atoms with Crippen molar-refractivity contribution < 1.29 is 0 Å². The molecule has 0 saturated heterocycles. The predicted molar refractivity (Wildman–Crippen MR) is 92.9 cm³/mol. The van der Waals surface area contributed by atoms with Crippen molar-refractivity contribution >= 4 is 46.0 Å². The molecule has 0 atom stereocenters. The van der Waals surface area contributed by atoms with Crippen LogP contribution in [0, 0.1) is 0 Å². The Bertz CT molecular complexity index is 581. The number of aromatic nitrogens is 1. The Morgan fingerprint density at radius 3 is 2.90 bits per heavy atom. The zero-order valence-corrected chi connectivity index (χ0v) is 13.9. The van der Waals surface area contributed by atoms with Crippen LogP contribution in [0.4, 0.5) is 5.69 Å². The van der Waals surface area contributed by atoms with Crippen LogP contribution in [-0.4, -0.2) is 22.8 Å². The lowest BCUT2D eigenvalue weighted by atomic mass is 10.1. The van der Waals surface area contributed by atoms with Crippen molar-refractivity contribution in [3.63, 3.8) is 0 Å². The largest absolute Gasteiger partial charge is 0.389 e. The summed E-state index contributed by atoms with van der Waals surface area (Å²) in [5.41, 5.74) is 10.9. The molecule has 0 aliphatic rings. The van der Waals surface area contributed by atoms with Crippen LogP contribution in [0.5, 0.6) is 0 Å². The zero-order chi connectivity index (χ0) is 14.5. The second-order valence-electron chi connectivity index (χ2n) is 4.28. The van der Waals surface area contributed by atoms with Gasteiger partial charge in [-0.05, 0) is 17.9 Å². The molecule has 0 fully saturated rings. The third-order valence-corrected chi connectivity index (χ3v) is 4.62. The van der Waals surface area contributed by atoms with Crippen LogP contribution in [0.3, 0.4) is 0 Å². The average Bonchev–Trinajstić information content (AvgIpc) is 2.91. The lowest BCUT2D eigenvalue weighted by molar-refractivity contribution is 0.891. The molecular weight excluding hydrogens is 306 g/mol. The molecule has 2 N–H and O–H groups in total. The van der Waals surface area contributed by atoms with E-state index < -0.39 is 0 Å². The van der Waals surface area contributed by atoms with E-state index in [-0.39, 0.29) is 0 Å². The van der Waals surface area contributed by atoms with Gasteiger partial charge in [-0.2, -0.15) is 0 Å². The highest BCUT2D eigenvalue weighted by Crippen LogP contribution is 2.31. The van der Waals surface area contributed by atoms with Gasteiger partial charge in [0.1, 0.15) is 4.99 Å². The fraction of sp³-hybridized carbons (Fsp3) is 0.286. The Balaban J connectivity index is 2.34. The van der Waals surface area contributed by atoms with Crippen molar-refractivity contribution in [1.29, 1.82) is 0 Å². The van der Waals surface area contributed by atoms with E-state index >= 15 is 0 Å². The quantitative estimate of drug-likeness (QED) is 0.651. The number of thiazole rings is 1. The number of hydrogen-bond acceptors (Lipinski definition) is 5. The van der Waals surface area contributed by atoms with E-state index in [1.54, 1.807) is 23.1 Å². The summed E-state index contributed by atoms with van der Waals surface area (Å²) in [6.45, 7) is 2.87. The Hall–Kier alpha value is -1.11. The molecule has 3 nitrogen and oxygen atoms in total. The highest BCUT2D eigenvalue weighted by Gasteiger charge is 2.15. The van der Waals surface area contributed by atoms with Crippen LogP contribution in [0.2, 0.25) is 0 Å². The first kappa shape index (κ1) is 15.3. The van der Waals surface area contributed by atoms with Gasteiger partial charge >= 0.3 is 0 Å². The number of rotatable bonds is 6. The maximum atomic E-state index is 5.93. The Labute approximate surface area is 133 Å². The van der Waals surface area contributed by atoms with E-state index in [4.69, 9.17) is 18.0 Å². The number of anilines is 1. The molecule has 2 aromatic rings. The van der Waals surface area contributed by atoms with E-state index in [1.165, 1.54) is 0 Å². The first-order valence-corrected chi connectivity index (χ1v) is 8.61. The van der Waals surface area contributed by atoms with Gasteiger partial charge in [-0.15, -0.1) is 23.1 Å². The summed E-state index contributed by atoms with van der Waals surface area (Å²) in [4.78, 5) is 8.05. The smallest absolute Gasteiger partial charge is 0.107 e. The third kappa shape index (κ3) is 3.50. The van der Waals surface area contributed by atoms with E-state index in [2.05, 4.69) is 34.3 Å². The fourth-order valence-corrected chi connectivity index (χ4v) is 3.68. The molecule has 0 spiro atoms. The van der Waals surface area contributed by atoms with Gasteiger partial charge in [0.2, 0.25) is 0 Å². The van der Waals surface area contributed by atoms with Crippen LogP contribution in [0.1, 0.15) is 18.2 Å². The molecule has 2 rings (SSSR count). The van der Waals surface area contributed by atoms with Crippen molar-refractivity contribution in [2.75, 3.05) is 17.7 Å². The van der Waals surface area contributed by atoms with Crippen LogP contribution >= 0.6 is 35.3 Å². The molecule has 106 valence electrons. The van der Waals surface area contributed by atoms with Gasteiger partial charge in [-0.3, -0.25) is 0 Å². The summed E-state index contributed by atoms with van der Waals surface area (Å²) in [5, 5.41) is 2.06. The molecule has 20 heavy (non-hydrogen) atoms. The first-order chi connectivity index (χ1) is 9.63. The highest BCUT2D eigenvalue weighted by molar-refractivity contribution is 7.99. The maximum Gasteiger partial charge on any atom is 0.107 e. The SMILES string of the molecule is CCSc1cccc(N(C)Cc2cscn2)c1C(N)=S. The summed E-state index contributed by atoms with van der Waals surface area (Å²) in [6, 6.07) is 6.18. The molecule has 0 aliphatic carbocycles. The predicted octanol–water partition coefficient (Wildman–Crippen LogP) is 3.53. The topological polar surface area (TPSA) is 42.2 Å². The van der Waals surface area contributed by atoms with Crippen LogP contribution < -0.4 is 10.6 Å². The van der Waals surface area contributed by atoms with Gasteiger partial charge in [-0.1, -0.05) is 25.2 Å². The summed E-state index contributed by atoms with van der Waals surface area (Å²) in [6.07, 6.45) is 0. The number of nitrogens with two attached hydrogens (primary N) is 1. The van der Waals surface area contributed by atoms with E-state index in [0.29, 0.717) is 4.99 Å². The summed E-state index contributed by atoms with van der Waals surface area (Å²) < 4.78 is 0. The second-order valence-corrected chi connectivity index (χ2v) is 6.75. The van der Waals surface area contributed by atoms with Crippen molar-refractivity contribution in [1.82, 2.24) is 4.98 Å². The number of nitrogens with zero attached hydrogens (tertiary/aromatic N) is 2. The van der Waals surface area contributed by atoms with Gasteiger partial charge in [0, 0.05) is 28.6 Å². The second kappa shape index (κ2) is 7.06. The molecule has 0 saturated carbocycles. The van der Waals surface area contributed by atoms with E-state index in [1.807, 2.05) is 18.6 Å². The molecule has 0 unspecified atom stereocenters. The van der Waals surface area contributed by atoms with Gasteiger partial charge in [0.25, 0.3) is 0 Å². The minimum Gasteiger partial charge on any atom is -0.389 e. The zero-order valence-electron chi connectivity index (χ0n) is 11.5. The summed E-state index contributed by atoms with van der Waals surface area (Å²) in [5.74, 6) is 0.995. The molecule has 0 amide bonds. The van der Waals surface area contributed by atoms with Crippen molar-refractivity contribution in [3.05, 3.63) is 40.3 Å². The normalized spacial score (nSPS) is 10.5. The third-order valence-electron chi connectivity index (χ3n) is 2.84. The average molecular weight is 324 g/mol. The number of hydrogen-bond donors (Lipinski definition) is 1. The van der Waals surface area contributed by atoms with Crippen LogP contribution in [0.15, 0.2) is 34.0 Å². The molecule has 1 aromatic heterocycles. The van der Waals surface area contributed by atoms with Crippen molar-refractivity contribution in [2.45, 2.75) is 18.4 Å². The Kier molecular flexibility index (Phi) is 5.39. The van der Waals surface area contributed by atoms with Gasteiger partial charge < -0.3 is 10.6 Å². The monoisotopic (exact) mass is 323 g/mol. The first-order valence-electron chi connectivity index (χ1n) is 6.27. The lowest BCUT2D eigenvalue weighted by Gasteiger charge is -2.23. The molecule has 0 aliphatic heterocycles. The number of thiocarbonyl (C=S) groups is 1. The van der Waals surface area contributed by atoms with Gasteiger partial charge in [0.05, 0.1) is 17.7 Å². The Morgan fingerprint density at radius 2 is 2.30 bits per heavy atom. The molecule has 0 radical (unpaired) electrons. The Morgan fingerprint density at radius 1 is 1.50 bits per heavy atom. The summed E-state index contributed by atoms with van der Waals surface area (Å²) in [7, 11) is 2.04. The minimum atomic E-state index is 0.446. The molecule has 1 aromatic carbocycles. The van der Waals surface area contributed by atoms with E-state index in [9.17, 15) is 0 Å².